The molecular weight excluding hydrogens is 483 g/mol. The van der Waals surface area contributed by atoms with Crippen LogP contribution in [0.4, 0.5) is 13.2 Å². The van der Waals surface area contributed by atoms with E-state index < -0.39 is 11.7 Å². The predicted octanol–water partition coefficient (Wildman–Crippen LogP) is 3.75. The molecule has 196 valence electrons. The Morgan fingerprint density at radius 1 is 1.05 bits per heavy atom. The highest BCUT2D eigenvalue weighted by Crippen LogP contribution is 2.39. The molecule has 2 saturated heterocycles. The molecular formula is C26H30F3N7O. The Labute approximate surface area is 213 Å². The molecule has 1 aromatic carbocycles. The number of carbonyl (C=O) groups excluding carboxylic acids is 1. The summed E-state index contributed by atoms with van der Waals surface area (Å²) in [4.78, 5) is 25.1. The molecule has 2 aromatic rings. The maximum absolute atomic E-state index is 14.0. The molecule has 2 atom stereocenters. The SMILES string of the molecule is CCC1=C(C(F)(F)F)C=C(N2CC3CN(C(=O)c4ccccc4-n4nccn4)CC3C2)N=C(N(C)C)C1. The van der Waals surface area contributed by atoms with Crippen LogP contribution in [0.25, 0.3) is 5.69 Å². The average Bonchev–Trinajstić information content (AvgIpc) is 3.57. The second-order valence-electron chi connectivity index (χ2n) is 9.94. The number of aliphatic imine (C=N–C) groups is 1. The summed E-state index contributed by atoms with van der Waals surface area (Å²) in [5.74, 6) is 1.18. The lowest BCUT2D eigenvalue weighted by atomic mass is 10.0. The number of benzene rings is 1. The van der Waals surface area contributed by atoms with Crippen LogP contribution >= 0.6 is 0 Å². The van der Waals surface area contributed by atoms with Crippen molar-refractivity contribution in [2.45, 2.75) is 25.9 Å². The second-order valence-corrected chi connectivity index (χ2v) is 9.94. The molecule has 0 aliphatic carbocycles. The summed E-state index contributed by atoms with van der Waals surface area (Å²) in [6.07, 6.45) is 0.377. The Morgan fingerprint density at radius 2 is 1.70 bits per heavy atom. The number of amidine groups is 1. The highest BCUT2D eigenvalue weighted by atomic mass is 19.4. The molecule has 3 aliphatic rings. The van der Waals surface area contributed by atoms with Crippen LogP contribution in [-0.2, 0) is 0 Å². The number of halogens is 3. The van der Waals surface area contributed by atoms with Gasteiger partial charge in [0.1, 0.15) is 11.7 Å². The molecule has 4 heterocycles. The largest absolute Gasteiger partial charge is 0.416 e. The molecule has 0 spiro atoms. The number of carbonyl (C=O) groups is 1. The lowest BCUT2D eigenvalue weighted by Crippen LogP contribution is -2.34. The van der Waals surface area contributed by atoms with Crippen LogP contribution in [0.2, 0.25) is 0 Å². The quantitative estimate of drug-likeness (QED) is 0.623. The van der Waals surface area contributed by atoms with E-state index in [2.05, 4.69) is 15.2 Å². The van der Waals surface area contributed by atoms with Crippen molar-refractivity contribution in [3.8, 4) is 5.69 Å². The van der Waals surface area contributed by atoms with Gasteiger partial charge in [0, 0.05) is 58.5 Å². The minimum Gasteiger partial charge on any atom is -0.366 e. The summed E-state index contributed by atoms with van der Waals surface area (Å²) < 4.78 is 41.9. The Balaban J connectivity index is 1.35. The third-order valence-corrected chi connectivity index (χ3v) is 7.38. The molecule has 0 saturated carbocycles. The maximum Gasteiger partial charge on any atom is 0.416 e. The Bertz CT molecular complexity index is 1250. The summed E-state index contributed by atoms with van der Waals surface area (Å²) in [5.41, 5.74) is 0.887. The van der Waals surface area contributed by atoms with Crippen LogP contribution in [-0.4, -0.2) is 87.9 Å². The summed E-state index contributed by atoms with van der Waals surface area (Å²) in [6, 6.07) is 7.23. The van der Waals surface area contributed by atoms with Gasteiger partial charge in [-0.05, 0) is 24.6 Å². The van der Waals surface area contributed by atoms with E-state index in [9.17, 15) is 18.0 Å². The molecule has 0 N–H and O–H groups in total. The molecule has 8 nitrogen and oxygen atoms in total. The summed E-state index contributed by atoms with van der Waals surface area (Å²) in [7, 11) is 3.61. The number of hydrogen-bond donors (Lipinski definition) is 0. The van der Waals surface area contributed by atoms with E-state index in [1.165, 1.54) is 10.9 Å². The van der Waals surface area contributed by atoms with E-state index in [0.717, 1.165) is 0 Å². The van der Waals surface area contributed by atoms with Crippen molar-refractivity contribution in [3.63, 3.8) is 0 Å². The van der Waals surface area contributed by atoms with Gasteiger partial charge in [-0.1, -0.05) is 24.6 Å². The van der Waals surface area contributed by atoms with Gasteiger partial charge in [-0.3, -0.25) is 4.79 Å². The smallest absolute Gasteiger partial charge is 0.366 e. The van der Waals surface area contributed by atoms with Crippen molar-refractivity contribution in [2.24, 2.45) is 16.8 Å². The summed E-state index contributed by atoms with van der Waals surface area (Å²) in [5, 5.41) is 8.32. The van der Waals surface area contributed by atoms with Gasteiger partial charge in [0.2, 0.25) is 0 Å². The number of likely N-dealkylation sites (tertiary alicyclic amines) is 2. The highest BCUT2D eigenvalue weighted by molar-refractivity contribution is 5.98. The van der Waals surface area contributed by atoms with Gasteiger partial charge in [0.25, 0.3) is 5.91 Å². The zero-order valence-electron chi connectivity index (χ0n) is 21.1. The van der Waals surface area contributed by atoms with Crippen molar-refractivity contribution < 1.29 is 18.0 Å². The molecule has 0 radical (unpaired) electrons. The molecule has 2 unspecified atom stereocenters. The van der Waals surface area contributed by atoms with Crippen LogP contribution in [0.1, 0.15) is 30.1 Å². The van der Waals surface area contributed by atoms with Crippen LogP contribution in [0.3, 0.4) is 0 Å². The lowest BCUT2D eigenvalue weighted by molar-refractivity contribution is -0.0893. The predicted molar refractivity (Wildman–Crippen MR) is 133 cm³/mol. The van der Waals surface area contributed by atoms with E-state index >= 15 is 0 Å². The average molecular weight is 514 g/mol. The van der Waals surface area contributed by atoms with Crippen LogP contribution < -0.4 is 0 Å². The number of rotatable bonds is 4. The molecule has 37 heavy (non-hydrogen) atoms. The normalized spacial score (nSPS) is 22.1. The van der Waals surface area contributed by atoms with Gasteiger partial charge in [-0.15, -0.1) is 0 Å². The van der Waals surface area contributed by atoms with Crippen molar-refractivity contribution >= 4 is 11.7 Å². The van der Waals surface area contributed by atoms with E-state index in [1.807, 2.05) is 21.9 Å². The van der Waals surface area contributed by atoms with Crippen molar-refractivity contribution in [2.75, 3.05) is 40.3 Å². The first-order chi connectivity index (χ1) is 17.7. The number of amides is 1. The zero-order chi connectivity index (χ0) is 26.3. The van der Waals surface area contributed by atoms with Gasteiger partial charge in [0.05, 0.1) is 29.2 Å². The van der Waals surface area contributed by atoms with Crippen LogP contribution in [0.5, 0.6) is 0 Å². The fourth-order valence-electron chi connectivity index (χ4n) is 5.42. The number of alkyl halides is 3. The first-order valence-electron chi connectivity index (χ1n) is 12.4. The topological polar surface area (TPSA) is 69.9 Å². The third-order valence-electron chi connectivity index (χ3n) is 7.38. The number of nitrogens with zero attached hydrogens (tertiary/aromatic N) is 7. The molecule has 1 amide bonds. The van der Waals surface area contributed by atoms with Gasteiger partial charge in [-0.2, -0.15) is 28.2 Å². The highest BCUT2D eigenvalue weighted by Gasteiger charge is 2.44. The van der Waals surface area contributed by atoms with Gasteiger partial charge < -0.3 is 14.7 Å². The van der Waals surface area contributed by atoms with Crippen molar-refractivity contribution in [1.29, 1.82) is 0 Å². The summed E-state index contributed by atoms with van der Waals surface area (Å²) >= 11 is 0. The number of hydrogen-bond acceptors (Lipinski definition) is 6. The number of allylic oxidation sites excluding steroid dienone is 2. The van der Waals surface area contributed by atoms with Gasteiger partial charge >= 0.3 is 6.18 Å². The Hall–Kier alpha value is -3.63. The van der Waals surface area contributed by atoms with Crippen LogP contribution in [0, 0.1) is 11.8 Å². The molecule has 2 fully saturated rings. The second kappa shape index (κ2) is 9.68. The minimum absolute atomic E-state index is 0.0923. The Morgan fingerprint density at radius 3 is 2.30 bits per heavy atom. The van der Waals surface area contributed by atoms with Crippen molar-refractivity contribution in [3.05, 3.63) is 65.3 Å². The van der Waals surface area contributed by atoms with E-state index in [-0.39, 0.29) is 24.2 Å². The Kier molecular flexibility index (Phi) is 6.55. The van der Waals surface area contributed by atoms with E-state index in [0.29, 0.717) is 61.1 Å². The lowest BCUT2D eigenvalue weighted by Gasteiger charge is -2.25. The van der Waals surface area contributed by atoms with Crippen molar-refractivity contribution in [1.82, 2.24) is 29.7 Å². The molecule has 1 aromatic heterocycles. The van der Waals surface area contributed by atoms with Crippen LogP contribution in [0.15, 0.2) is 64.7 Å². The first kappa shape index (κ1) is 25.0. The van der Waals surface area contributed by atoms with Gasteiger partial charge in [-0.25, -0.2) is 4.99 Å². The number of fused-ring (bicyclic) bond motifs is 1. The van der Waals surface area contributed by atoms with E-state index in [1.54, 1.807) is 50.4 Å². The first-order valence-corrected chi connectivity index (χ1v) is 12.4. The fraction of sp³-hybridized carbons (Fsp3) is 0.462. The molecule has 5 rings (SSSR count). The fourth-order valence-corrected chi connectivity index (χ4v) is 5.42. The molecule has 0 bridgehead atoms. The molecule has 11 heteroatoms. The van der Waals surface area contributed by atoms with E-state index in [4.69, 9.17) is 0 Å². The number of aromatic nitrogens is 3. The number of para-hydroxylation sites is 1. The minimum atomic E-state index is -4.44. The third kappa shape index (κ3) is 4.86. The molecule has 3 aliphatic heterocycles. The summed E-state index contributed by atoms with van der Waals surface area (Å²) in [6.45, 7) is 3.94. The maximum atomic E-state index is 14.0. The monoisotopic (exact) mass is 513 g/mol. The zero-order valence-corrected chi connectivity index (χ0v) is 21.1. The standard InChI is InChI=1S/C26H30F3N7O/c1-4-17-11-23(33(2)3)32-24(12-21(17)26(27,28)29)34-13-18-15-35(16-19(18)14-34)25(37)20-7-5-6-8-22(20)36-30-9-10-31-36/h5-10,12,18-19H,4,11,13-16H2,1-3H3. The van der Waals surface area contributed by atoms with Gasteiger partial charge in [0.15, 0.2) is 0 Å².